The number of nitrogens with zero attached hydrogens (tertiary/aromatic N) is 1. The van der Waals surface area contributed by atoms with Crippen LogP contribution in [0.1, 0.15) is 0 Å². The molecule has 0 aromatic heterocycles. The Morgan fingerprint density at radius 2 is 2.14 bits per heavy atom. The summed E-state index contributed by atoms with van der Waals surface area (Å²) in [5, 5.41) is 8.06. The monoisotopic (exact) mass is 213 g/mol. The van der Waals surface area contributed by atoms with Gasteiger partial charge in [-0.3, -0.25) is 4.18 Å². The first-order valence-electron chi connectivity index (χ1n) is 4.22. The molecule has 0 radical (unpaired) electrons. The Morgan fingerprint density at radius 3 is 2.79 bits per heavy atom. The molecule has 0 N–H and O–H groups in total. The lowest BCUT2D eigenvalue weighted by atomic mass is 9.85. The summed E-state index contributed by atoms with van der Waals surface area (Å²) in [4.78, 5) is 0. The Hall–Kier alpha value is -0.900. The quantitative estimate of drug-likeness (QED) is 0.403. The largest absolute Gasteiger partial charge is 0.364 e. The van der Waals surface area contributed by atoms with Crippen LogP contribution in [-0.4, -0.2) is 32.0 Å². The van der Waals surface area contributed by atoms with E-state index in [1.807, 2.05) is 6.07 Å². The maximum Gasteiger partial charge on any atom is 0.275 e. The Bertz CT molecular complexity index is 462. The van der Waals surface area contributed by atoms with Gasteiger partial charge in [0.25, 0.3) is 10.1 Å². The second kappa shape index (κ2) is 2.19. The lowest BCUT2D eigenvalue weighted by Gasteiger charge is -2.16. The molecule has 14 heavy (non-hydrogen) atoms. The number of ether oxygens (including phenoxy) is 1. The van der Waals surface area contributed by atoms with Gasteiger partial charge in [-0.15, -0.1) is 0 Å². The van der Waals surface area contributed by atoms with Gasteiger partial charge in [-0.1, -0.05) is 6.58 Å². The van der Waals surface area contributed by atoms with E-state index in [1.165, 1.54) is 0 Å². The molecule has 6 heteroatoms. The van der Waals surface area contributed by atoms with Crippen LogP contribution in [0, 0.1) is 17.2 Å². The molecule has 3 aliphatic heterocycles. The fraction of sp³-hybridized carbons (Fsp3) is 0.625. The summed E-state index contributed by atoms with van der Waals surface area (Å²) in [6.45, 7) is 3.71. The smallest absolute Gasteiger partial charge is 0.275 e. The zero-order chi connectivity index (χ0) is 10.1. The Balaban J connectivity index is 2.20. The molecule has 0 aromatic rings. The topological polar surface area (TPSA) is 76.4 Å². The lowest BCUT2D eigenvalue weighted by Crippen LogP contribution is -2.36. The number of nitriles is 1. The Morgan fingerprint density at radius 1 is 1.43 bits per heavy atom. The van der Waals surface area contributed by atoms with Gasteiger partial charge in [0, 0.05) is 0 Å². The molecule has 5 nitrogen and oxygen atoms in total. The second-order valence-electron chi connectivity index (χ2n) is 3.73. The summed E-state index contributed by atoms with van der Waals surface area (Å²) in [6.07, 6.45) is -1.53. The number of rotatable bonds is 0. The molecule has 0 spiro atoms. The fourth-order valence-corrected chi connectivity index (χ4v) is 4.20. The van der Waals surface area contributed by atoms with Gasteiger partial charge in [-0.2, -0.15) is 13.7 Å². The molecule has 5 unspecified atom stereocenters. The first kappa shape index (κ1) is 8.41. The summed E-state index contributed by atoms with van der Waals surface area (Å²) in [7, 11) is -3.63. The number of hydrogen-bond donors (Lipinski definition) is 0. The van der Waals surface area contributed by atoms with Gasteiger partial charge < -0.3 is 4.74 Å². The standard InChI is InChI=1S/C8H7NO4S/c1-3-5-4(2-9)8-7(12-5)6(3)13-14(8,10)11/h4-8H,1H2. The van der Waals surface area contributed by atoms with Crippen LogP contribution in [-0.2, 0) is 19.0 Å². The highest BCUT2D eigenvalue weighted by atomic mass is 32.2. The van der Waals surface area contributed by atoms with Crippen LogP contribution >= 0.6 is 0 Å². The van der Waals surface area contributed by atoms with E-state index in [4.69, 9.17) is 14.2 Å². The maximum atomic E-state index is 11.5. The highest BCUT2D eigenvalue weighted by Gasteiger charge is 2.68. The molecule has 5 atom stereocenters. The van der Waals surface area contributed by atoms with Crippen LogP contribution in [0.2, 0.25) is 0 Å². The van der Waals surface area contributed by atoms with Crippen molar-refractivity contribution in [3.05, 3.63) is 12.2 Å². The minimum atomic E-state index is -3.63. The van der Waals surface area contributed by atoms with E-state index < -0.39 is 39.6 Å². The molecule has 2 bridgehead atoms. The van der Waals surface area contributed by atoms with E-state index in [0.29, 0.717) is 5.57 Å². The summed E-state index contributed by atoms with van der Waals surface area (Å²) in [6, 6.07) is 1.96. The van der Waals surface area contributed by atoms with Gasteiger partial charge in [0.1, 0.15) is 17.5 Å². The average molecular weight is 213 g/mol. The highest BCUT2D eigenvalue weighted by molar-refractivity contribution is 7.87. The molecule has 0 aliphatic carbocycles. The summed E-state index contributed by atoms with van der Waals surface area (Å²) in [5.41, 5.74) is 0.582. The predicted octanol–water partition coefficient (Wildman–Crippen LogP) is -0.439. The van der Waals surface area contributed by atoms with Crippen molar-refractivity contribution in [3.63, 3.8) is 0 Å². The zero-order valence-electron chi connectivity index (χ0n) is 7.08. The van der Waals surface area contributed by atoms with Crippen LogP contribution in [0.4, 0.5) is 0 Å². The van der Waals surface area contributed by atoms with Crippen LogP contribution in [0.3, 0.4) is 0 Å². The molecule has 3 fully saturated rings. The van der Waals surface area contributed by atoms with E-state index in [1.54, 1.807) is 0 Å². The molecule has 0 amide bonds. The Kier molecular flexibility index (Phi) is 1.31. The third-order valence-electron chi connectivity index (χ3n) is 3.06. The van der Waals surface area contributed by atoms with Gasteiger partial charge in [0.2, 0.25) is 0 Å². The van der Waals surface area contributed by atoms with Crippen molar-refractivity contribution in [1.29, 1.82) is 5.26 Å². The second-order valence-corrected chi connectivity index (χ2v) is 5.45. The minimum Gasteiger partial charge on any atom is -0.364 e. The summed E-state index contributed by atoms with van der Waals surface area (Å²) in [5.74, 6) is -0.656. The van der Waals surface area contributed by atoms with Gasteiger partial charge in [-0.05, 0) is 5.57 Å². The van der Waals surface area contributed by atoms with Crippen molar-refractivity contribution < 1.29 is 17.3 Å². The third-order valence-corrected chi connectivity index (χ3v) is 4.76. The van der Waals surface area contributed by atoms with E-state index in [9.17, 15) is 8.42 Å². The van der Waals surface area contributed by atoms with Crippen molar-refractivity contribution in [2.75, 3.05) is 0 Å². The number of fused-ring (bicyclic) bond motifs is 1. The summed E-state index contributed by atoms with van der Waals surface area (Å²) < 4.78 is 33.3. The molecule has 3 aliphatic rings. The van der Waals surface area contributed by atoms with Crippen LogP contribution in [0.25, 0.3) is 0 Å². The maximum absolute atomic E-state index is 11.5. The van der Waals surface area contributed by atoms with E-state index in [0.717, 1.165) is 0 Å². The highest BCUT2D eigenvalue weighted by Crippen LogP contribution is 2.51. The number of hydrogen-bond acceptors (Lipinski definition) is 5. The minimum absolute atomic E-state index is 0.461. The van der Waals surface area contributed by atoms with Crippen molar-refractivity contribution in [2.45, 2.75) is 23.6 Å². The third kappa shape index (κ3) is 0.704. The van der Waals surface area contributed by atoms with Crippen molar-refractivity contribution in [2.24, 2.45) is 5.92 Å². The van der Waals surface area contributed by atoms with E-state index in [-0.39, 0.29) is 0 Å². The van der Waals surface area contributed by atoms with Crippen LogP contribution in [0.15, 0.2) is 12.2 Å². The first-order chi connectivity index (χ1) is 6.56. The summed E-state index contributed by atoms with van der Waals surface area (Å²) >= 11 is 0. The molecular weight excluding hydrogens is 206 g/mol. The predicted molar refractivity (Wildman–Crippen MR) is 44.5 cm³/mol. The van der Waals surface area contributed by atoms with E-state index in [2.05, 4.69) is 6.58 Å². The van der Waals surface area contributed by atoms with Gasteiger partial charge >= 0.3 is 0 Å². The van der Waals surface area contributed by atoms with Crippen molar-refractivity contribution in [1.82, 2.24) is 0 Å². The van der Waals surface area contributed by atoms with Crippen LogP contribution in [0.5, 0.6) is 0 Å². The molecular formula is C8H7NO4S. The van der Waals surface area contributed by atoms with Crippen LogP contribution < -0.4 is 0 Å². The van der Waals surface area contributed by atoms with Crippen molar-refractivity contribution in [3.8, 4) is 6.07 Å². The molecule has 74 valence electrons. The molecule has 3 heterocycles. The molecule has 0 saturated carbocycles. The fourth-order valence-electron chi connectivity index (χ4n) is 2.45. The van der Waals surface area contributed by atoms with Gasteiger partial charge in [0.05, 0.1) is 18.1 Å². The normalized spacial score (nSPS) is 52.2. The lowest BCUT2D eigenvalue weighted by molar-refractivity contribution is 0.0811. The Labute approximate surface area is 81.0 Å². The molecule has 3 saturated heterocycles. The molecule has 0 aromatic carbocycles. The zero-order valence-corrected chi connectivity index (χ0v) is 7.90. The van der Waals surface area contributed by atoms with Crippen molar-refractivity contribution >= 4 is 10.1 Å². The van der Waals surface area contributed by atoms with Gasteiger partial charge in [0.15, 0.2) is 0 Å². The van der Waals surface area contributed by atoms with Gasteiger partial charge in [-0.25, -0.2) is 0 Å². The first-order valence-corrected chi connectivity index (χ1v) is 5.69. The molecule has 3 rings (SSSR count). The SMILES string of the molecule is C=C1C2OC3C1OS(=O)(=O)C3C2C#N. The van der Waals surface area contributed by atoms with E-state index >= 15 is 0 Å². The average Bonchev–Trinajstić information content (AvgIpc) is 2.67.